The molecule has 0 radical (unpaired) electrons. The molecule has 0 aliphatic heterocycles. The van der Waals surface area contributed by atoms with Gasteiger partial charge in [0.15, 0.2) is 0 Å². The maximum absolute atomic E-state index is 10.4. The molecule has 0 bridgehead atoms. The monoisotopic (exact) mass is 315 g/mol. The molecule has 0 unspecified atom stereocenters. The van der Waals surface area contributed by atoms with E-state index in [0.29, 0.717) is 5.69 Å². The normalized spacial score (nSPS) is 10.4. The second kappa shape index (κ2) is 5.28. The minimum Gasteiger partial charge on any atom is -0.481 e. The van der Waals surface area contributed by atoms with Crippen molar-refractivity contribution in [3.05, 3.63) is 22.8 Å². The summed E-state index contributed by atoms with van der Waals surface area (Å²) in [6.45, 7) is 0. The van der Waals surface area contributed by atoms with E-state index in [9.17, 15) is 4.79 Å². The van der Waals surface area contributed by atoms with Crippen molar-refractivity contribution in [1.29, 1.82) is 0 Å². The SMILES string of the molecule is O=C(O)CSc1nnc(-c2ncccc2Br)o1. The number of carbonyl (C=O) groups is 1. The first kappa shape index (κ1) is 12.1. The maximum Gasteiger partial charge on any atom is 0.314 e. The first-order valence-corrected chi connectivity index (χ1v) is 6.23. The van der Waals surface area contributed by atoms with E-state index < -0.39 is 5.97 Å². The molecule has 0 saturated carbocycles. The van der Waals surface area contributed by atoms with Gasteiger partial charge in [-0.1, -0.05) is 11.8 Å². The standard InChI is InChI=1S/C9H6BrN3O3S/c10-5-2-1-3-11-7(5)8-12-13-9(16-8)17-4-6(14)15/h1-3H,4H2,(H,14,15). The van der Waals surface area contributed by atoms with Gasteiger partial charge in [-0.25, -0.2) is 4.98 Å². The van der Waals surface area contributed by atoms with Crippen molar-refractivity contribution in [2.75, 3.05) is 5.75 Å². The van der Waals surface area contributed by atoms with Crippen LogP contribution in [0.5, 0.6) is 0 Å². The van der Waals surface area contributed by atoms with Gasteiger partial charge < -0.3 is 9.52 Å². The van der Waals surface area contributed by atoms with Crippen molar-refractivity contribution >= 4 is 33.7 Å². The Morgan fingerprint density at radius 1 is 1.53 bits per heavy atom. The molecule has 6 nitrogen and oxygen atoms in total. The Hall–Kier alpha value is -1.41. The molecule has 17 heavy (non-hydrogen) atoms. The van der Waals surface area contributed by atoms with Gasteiger partial charge in [-0.3, -0.25) is 4.79 Å². The number of nitrogens with zero attached hydrogens (tertiary/aromatic N) is 3. The molecule has 0 atom stereocenters. The van der Waals surface area contributed by atoms with Gasteiger partial charge in [0.1, 0.15) is 11.4 Å². The second-order valence-corrected chi connectivity index (χ2v) is 4.67. The van der Waals surface area contributed by atoms with Crippen LogP contribution in [0.2, 0.25) is 0 Å². The molecule has 0 fully saturated rings. The minimum absolute atomic E-state index is 0.120. The molecular formula is C9H6BrN3O3S. The van der Waals surface area contributed by atoms with E-state index in [4.69, 9.17) is 9.52 Å². The Labute approximate surface area is 109 Å². The van der Waals surface area contributed by atoms with Crippen molar-refractivity contribution in [1.82, 2.24) is 15.2 Å². The summed E-state index contributed by atoms with van der Waals surface area (Å²) in [5.74, 6) is -0.801. The predicted octanol–water partition coefficient (Wildman–Crippen LogP) is 2.07. The molecule has 1 N–H and O–H groups in total. The highest BCUT2D eigenvalue weighted by atomic mass is 79.9. The molecule has 2 aromatic heterocycles. The van der Waals surface area contributed by atoms with Crippen molar-refractivity contribution < 1.29 is 14.3 Å². The van der Waals surface area contributed by atoms with E-state index in [-0.39, 0.29) is 16.9 Å². The number of carboxylic acid groups (broad SMARTS) is 1. The average molecular weight is 316 g/mol. The number of halogens is 1. The third-order valence-electron chi connectivity index (χ3n) is 1.69. The van der Waals surface area contributed by atoms with Crippen LogP contribution in [-0.4, -0.2) is 32.0 Å². The number of rotatable bonds is 4. The Balaban J connectivity index is 2.18. The van der Waals surface area contributed by atoms with E-state index in [2.05, 4.69) is 31.1 Å². The molecule has 2 heterocycles. The Morgan fingerprint density at radius 2 is 2.35 bits per heavy atom. The molecule has 0 aliphatic carbocycles. The summed E-state index contributed by atoms with van der Waals surface area (Å²) in [6, 6.07) is 3.57. The zero-order valence-corrected chi connectivity index (χ0v) is 10.7. The van der Waals surface area contributed by atoms with Crippen molar-refractivity contribution in [3.8, 4) is 11.6 Å². The van der Waals surface area contributed by atoms with Crippen LogP contribution in [0.15, 0.2) is 32.4 Å². The van der Waals surface area contributed by atoms with Gasteiger partial charge in [0.2, 0.25) is 0 Å². The minimum atomic E-state index is -0.936. The van der Waals surface area contributed by atoms with Gasteiger partial charge in [-0.2, -0.15) is 0 Å². The Kier molecular flexibility index (Phi) is 3.75. The molecule has 0 aliphatic rings. The van der Waals surface area contributed by atoms with Gasteiger partial charge in [-0.05, 0) is 28.1 Å². The molecule has 0 amide bonds. The third-order valence-corrected chi connectivity index (χ3v) is 3.13. The molecule has 0 saturated heterocycles. The Bertz CT molecular complexity index is 546. The summed E-state index contributed by atoms with van der Waals surface area (Å²) in [6.07, 6.45) is 1.61. The number of hydrogen-bond donors (Lipinski definition) is 1. The van der Waals surface area contributed by atoms with Crippen molar-refractivity contribution in [2.45, 2.75) is 5.22 Å². The lowest BCUT2D eigenvalue weighted by molar-refractivity contribution is -0.133. The number of carboxylic acids is 1. The zero-order valence-electron chi connectivity index (χ0n) is 8.33. The van der Waals surface area contributed by atoms with Crippen LogP contribution in [0.1, 0.15) is 0 Å². The fourth-order valence-electron chi connectivity index (χ4n) is 1.03. The van der Waals surface area contributed by atoms with Gasteiger partial charge in [-0.15, -0.1) is 10.2 Å². The smallest absolute Gasteiger partial charge is 0.314 e. The number of thioether (sulfide) groups is 1. The third kappa shape index (κ3) is 3.04. The van der Waals surface area contributed by atoms with Crippen LogP contribution in [0, 0.1) is 0 Å². The lowest BCUT2D eigenvalue weighted by Crippen LogP contribution is -1.97. The Morgan fingerprint density at radius 3 is 3.06 bits per heavy atom. The van der Waals surface area contributed by atoms with Crippen LogP contribution < -0.4 is 0 Å². The largest absolute Gasteiger partial charge is 0.481 e. The van der Waals surface area contributed by atoms with E-state index in [1.165, 1.54) is 0 Å². The molecule has 2 aromatic rings. The summed E-state index contributed by atoms with van der Waals surface area (Å²) in [4.78, 5) is 14.5. The van der Waals surface area contributed by atoms with E-state index in [1.807, 2.05) is 0 Å². The van der Waals surface area contributed by atoms with Crippen LogP contribution in [0.3, 0.4) is 0 Å². The van der Waals surface area contributed by atoms with Gasteiger partial charge >= 0.3 is 5.97 Å². The molecule has 88 valence electrons. The van der Waals surface area contributed by atoms with E-state index in [0.717, 1.165) is 16.2 Å². The number of aromatic nitrogens is 3. The van der Waals surface area contributed by atoms with Gasteiger partial charge in [0, 0.05) is 10.7 Å². The average Bonchev–Trinajstić information content (AvgIpc) is 2.75. The highest BCUT2D eigenvalue weighted by Crippen LogP contribution is 2.26. The van der Waals surface area contributed by atoms with Gasteiger partial charge in [0.25, 0.3) is 11.1 Å². The number of hydrogen-bond acceptors (Lipinski definition) is 6. The second-order valence-electron chi connectivity index (χ2n) is 2.89. The fraction of sp³-hybridized carbons (Fsp3) is 0.111. The molecule has 8 heteroatoms. The van der Waals surface area contributed by atoms with Crippen LogP contribution in [0.4, 0.5) is 0 Å². The van der Waals surface area contributed by atoms with Gasteiger partial charge in [0.05, 0.1) is 0 Å². The highest BCUT2D eigenvalue weighted by Gasteiger charge is 2.13. The van der Waals surface area contributed by atoms with Crippen molar-refractivity contribution in [2.24, 2.45) is 0 Å². The summed E-state index contributed by atoms with van der Waals surface area (Å²) in [7, 11) is 0. The maximum atomic E-state index is 10.4. The highest BCUT2D eigenvalue weighted by molar-refractivity contribution is 9.10. The summed E-state index contributed by atoms with van der Waals surface area (Å²) in [5, 5.41) is 16.3. The lowest BCUT2D eigenvalue weighted by Gasteiger charge is -1.95. The number of pyridine rings is 1. The molecule has 0 aromatic carbocycles. The summed E-state index contributed by atoms with van der Waals surface area (Å²) < 4.78 is 6.02. The first-order valence-electron chi connectivity index (χ1n) is 4.46. The van der Waals surface area contributed by atoms with Crippen molar-refractivity contribution in [3.63, 3.8) is 0 Å². The van der Waals surface area contributed by atoms with Crippen LogP contribution in [0.25, 0.3) is 11.6 Å². The quantitative estimate of drug-likeness (QED) is 0.864. The predicted molar refractivity (Wildman–Crippen MR) is 63.6 cm³/mol. The summed E-state index contributed by atoms with van der Waals surface area (Å²) >= 11 is 4.28. The van der Waals surface area contributed by atoms with E-state index >= 15 is 0 Å². The number of aliphatic carboxylic acids is 1. The molecular weight excluding hydrogens is 310 g/mol. The first-order chi connectivity index (χ1) is 8.16. The lowest BCUT2D eigenvalue weighted by atomic mass is 10.3. The fourth-order valence-corrected chi connectivity index (χ4v) is 1.94. The van der Waals surface area contributed by atoms with E-state index in [1.54, 1.807) is 18.3 Å². The zero-order chi connectivity index (χ0) is 12.3. The summed E-state index contributed by atoms with van der Waals surface area (Å²) in [5.41, 5.74) is 0.530. The molecule has 0 spiro atoms. The topological polar surface area (TPSA) is 89.1 Å². The molecule has 2 rings (SSSR count). The van der Waals surface area contributed by atoms with Crippen LogP contribution in [-0.2, 0) is 4.79 Å². The van der Waals surface area contributed by atoms with Crippen LogP contribution >= 0.6 is 27.7 Å².